The molecule has 1 amide bonds. The summed E-state index contributed by atoms with van der Waals surface area (Å²) in [7, 11) is 0. The van der Waals surface area contributed by atoms with E-state index in [1.165, 1.54) is 11.1 Å². The second kappa shape index (κ2) is 9.04. The van der Waals surface area contributed by atoms with Crippen molar-refractivity contribution in [1.82, 2.24) is 5.32 Å². The number of rotatable bonds is 7. The van der Waals surface area contributed by atoms with Crippen LogP contribution in [-0.2, 0) is 16.1 Å². The lowest BCUT2D eigenvalue weighted by atomic mass is 9.88. The Kier molecular flexibility index (Phi) is 6.25. The van der Waals surface area contributed by atoms with Crippen LogP contribution in [0, 0.1) is 0 Å². The van der Waals surface area contributed by atoms with Gasteiger partial charge in [0.25, 0.3) is 5.91 Å². The molecule has 0 spiro atoms. The molecule has 0 fully saturated rings. The summed E-state index contributed by atoms with van der Waals surface area (Å²) in [5.74, 6) is 0.576. The molecule has 5 heteroatoms. The van der Waals surface area contributed by atoms with Gasteiger partial charge in [-0.1, -0.05) is 41.6 Å². The normalized spacial score (nSPS) is 16.1. The maximum atomic E-state index is 12.2. The van der Waals surface area contributed by atoms with Crippen LogP contribution < -0.4 is 10.1 Å². The minimum Gasteiger partial charge on any atom is -0.493 e. The van der Waals surface area contributed by atoms with Gasteiger partial charge < -0.3 is 14.9 Å². The van der Waals surface area contributed by atoms with E-state index >= 15 is 0 Å². The Morgan fingerprint density at radius 1 is 1.23 bits per heavy atom. The lowest BCUT2D eigenvalue weighted by molar-refractivity contribution is -0.126. The molecular formula is C21H24N2O3. The topological polar surface area (TPSA) is 59.9 Å². The largest absolute Gasteiger partial charge is 0.493 e. The van der Waals surface area contributed by atoms with Crippen molar-refractivity contribution < 1.29 is 14.4 Å². The van der Waals surface area contributed by atoms with E-state index in [0.29, 0.717) is 6.61 Å². The highest BCUT2D eigenvalue weighted by atomic mass is 16.6. The van der Waals surface area contributed by atoms with Crippen LogP contribution in [0.25, 0.3) is 0 Å². The number of carbonyl (C=O) groups is 1. The van der Waals surface area contributed by atoms with E-state index in [2.05, 4.69) is 22.6 Å². The molecule has 0 bridgehead atoms. The van der Waals surface area contributed by atoms with Crippen LogP contribution in [-0.4, -0.2) is 25.3 Å². The molecule has 1 N–H and O–H groups in total. The minimum atomic E-state index is -0.165. The highest BCUT2D eigenvalue weighted by Crippen LogP contribution is 2.29. The van der Waals surface area contributed by atoms with Crippen molar-refractivity contribution in [3.63, 3.8) is 0 Å². The molecular weight excluding hydrogens is 328 g/mol. The number of hydrogen-bond acceptors (Lipinski definition) is 4. The summed E-state index contributed by atoms with van der Waals surface area (Å²) in [6, 6.07) is 15.9. The summed E-state index contributed by atoms with van der Waals surface area (Å²) in [6.07, 6.45) is 4.67. The predicted octanol–water partition coefficient (Wildman–Crippen LogP) is 3.63. The summed E-state index contributed by atoms with van der Waals surface area (Å²) in [5, 5.41) is 6.94. The first-order valence-electron chi connectivity index (χ1n) is 9.02. The highest BCUT2D eigenvalue weighted by molar-refractivity contribution is 5.83. The first-order chi connectivity index (χ1) is 12.8. The SMILES string of the molecule is CCOc1ccccc1/C=N\OCC(=O)N[C@H]1CCCc2ccccc21. The summed E-state index contributed by atoms with van der Waals surface area (Å²) >= 11 is 0. The number of hydrogen-bond donors (Lipinski definition) is 1. The van der Waals surface area contributed by atoms with E-state index < -0.39 is 0 Å². The fourth-order valence-corrected chi connectivity index (χ4v) is 3.20. The summed E-state index contributed by atoms with van der Waals surface area (Å²) < 4.78 is 5.52. The molecule has 2 aromatic carbocycles. The van der Waals surface area contributed by atoms with Gasteiger partial charge in [0.1, 0.15) is 5.75 Å². The van der Waals surface area contributed by atoms with Crippen LogP contribution in [0.2, 0.25) is 0 Å². The standard InChI is InChI=1S/C21H24N2O3/c1-2-25-20-13-6-4-9-17(20)14-22-26-15-21(24)23-19-12-7-10-16-8-3-5-11-18(16)19/h3-6,8-9,11,13-14,19H,2,7,10,12,15H2,1H3,(H,23,24)/b22-14-/t19-/m0/s1. The third-order valence-corrected chi connectivity index (χ3v) is 4.39. The molecule has 0 unspecified atom stereocenters. The number of oxime groups is 1. The average molecular weight is 352 g/mol. The molecule has 0 radical (unpaired) electrons. The molecule has 1 atom stereocenters. The molecule has 0 aliphatic heterocycles. The number of nitrogens with zero attached hydrogens (tertiary/aromatic N) is 1. The van der Waals surface area contributed by atoms with Gasteiger partial charge in [0, 0.05) is 5.56 Å². The van der Waals surface area contributed by atoms with E-state index in [9.17, 15) is 4.79 Å². The number of para-hydroxylation sites is 1. The Morgan fingerprint density at radius 3 is 2.92 bits per heavy atom. The maximum absolute atomic E-state index is 12.2. The molecule has 2 aromatic rings. The van der Waals surface area contributed by atoms with Crippen molar-refractivity contribution in [2.45, 2.75) is 32.2 Å². The van der Waals surface area contributed by atoms with Crippen molar-refractivity contribution in [2.24, 2.45) is 5.16 Å². The zero-order valence-electron chi connectivity index (χ0n) is 15.0. The van der Waals surface area contributed by atoms with Gasteiger partial charge in [-0.15, -0.1) is 0 Å². The van der Waals surface area contributed by atoms with Gasteiger partial charge in [-0.3, -0.25) is 4.79 Å². The molecule has 136 valence electrons. The lowest BCUT2D eigenvalue weighted by Gasteiger charge is -2.26. The van der Waals surface area contributed by atoms with E-state index in [1.54, 1.807) is 6.21 Å². The van der Waals surface area contributed by atoms with E-state index in [4.69, 9.17) is 9.57 Å². The Labute approximate surface area is 154 Å². The summed E-state index contributed by atoms with van der Waals surface area (Å²) in [4.78, 5) is 17.3. The van der Waals surface area contributed by atoms with Crippen molar-refractivity contribution in [3.8, 4) is 5.75 Å². The molecule has 5 nitrogen and oxygen atoms in total. The highest BCUT2D eigenvalue weighted by Gasteiger charge is 2.21. The Morgan fingerprint density at radius 2 is 2.04 bits per heavy atom. The number of aryl methyl sites for hydroxylation is 1. The number of ether oxygens (including phenoxy) is 1. The van der Waals surface area contributed by atoms with Gasteiger partial charge in [0.15, 0.2) is 6.61 Å². The Balaban J connectivity index is 1.51. The zero-order valence-corrected chi connectivity index (χ0v) is 15.0. The smallest absolute Gasteiger partial charge is 0.261 e. The molecule has 1 aliphatic carbocycles. The van der Waals surface area contributed by atoms with E-state index in [0.717, 1.165) is 30.6 Å². The van der Waals surface area contributed by atoms with Crippen LogP contribution in [0.15, 0.2) is 53.7 Å². The Bertz CT molecular complexity index is 773. The average Bonchev–Trinajstić information content (AvgIpc) is 2.67. The van der Waals surface area contributed by atoms with Crippen LogP contribution in [0.5, 0.6) is 5.75 Å². The molecule has 1 aliphatic rings. The second-order valence-corrected chi connectivity index (χ2v) is 6.19. The molecule has 3 rings (SSSR count). The van der Waals surface area contributed by atoms with Crippen LogP contribution in [0.3, 0.4) is 0 Å². The third-order valence-electron chi connectivity index (χ3n) is 4.39. The molecule has 0 aromatic heterocycles. The third kappa shape index (κ3) is 4.63. The number of nitrogens with one attached hydrogen (secondary N) is 1. The fraction of sp³-hybridized carbons (Fsp3) is 0.333. The van der Waals surface area contributed by atoms with Crippen molar-refractivity contribution in [1.29, 1.82) is 0 Å². The van der Waals surface area contributed by atoms with Gasteiger partial charge in [0.05, 0.1) is 18.9 Å². The quantitative estimate of drug-likeness (QED) is 0.611. The van der Waals surface area contributed by atoms with Gasteiger partial charge in [-0.2, -0.15) is 0 Å². The molecule has 0 saturated heterocycles. The lowest BCUT2D eigenvalue weighted by Crippen LogP contribution is -2.33. The van der Waals surface area contributed by atoms with E-state index in [1.807, 2.05) is 43.3 Å². The van der Waals surface area contributed by atoms with Crippen LogP contribution >= 0.6 is 0 Å². The number of carbonyl (C=O) groups excluding carboxylic acids is 1. The molecule has 0 heterocycles. The first kappa shape index (κ1) is 18.0. The number of fused-ring (bicyclic) bond motifs is 1. The molecule has 26 heavy (non-hydrogen) atoms. The van der Waals surface area contributed by atoms with E-state index in [-0.39, 0.29) is 18.6 Å². The first-order valence-corrected chi connectivity index (χ1v) is 9.02. The molecule has 0 saturated carbocycles. The number of amides is 1. The monoisotopic (exact) mass is 352 g/mol. The van der Waals surface area contributed by atoms with Crippen molar-refractivity contribution in [2.75, 3.05) is 13.2 Å². The van der Waals surface area contributed by atoms with Gasteiger partial charge in [-0.05, 0) is 49.4 Å². The fourth-order valence-electron chi connectivity index (χ4n) is 3.20. The van der Waals surface area contributed by atoms with Gasteiger partial charge in [0.2, 0.25) is 0 Å². The zero-order chi connectivity index (χ0) is 18.2. The van der Waals surface area contributed by atoms with Crippen LogP contribution in [0.4, 0.5) is 0 Å². The maximum Gasteiger partial charge on any atom is 0.261 e. The van der Waals surface area contributed by atoms with Crippen molar-refractivity contribution in [3.05, 3.63) is 65.2 Å². The van der Waals surface area contributed by atoms with Gasteiger partial charge >= 0.3 is 0 Å². The van der Waals surface area contributed by atoms with Crippen LogP contribution in [0.1, 0.15) is 42.5 Å². The van der Waals surface area contributed by atoms with Gasteiger partial charge in [-0.25, -0.2) is 0 Å². The predicted molar refractivity (Wildman–Crippen MR) is 101 cm³/mol. The van der Waals surface area contributed by atoms with Crippen molar-refractivity contribution >= 4 is 12.1 Å². The second-order valence-electron chi connectivity index (χ2n) is 6.19. The Hall–Kier alpha value is -2.82. The number of benzene rings is 2. The summed E-state index contributed by atoms with van der Waals surface area (Å²) in [6.45, 7) is 2.40. The minimum absolute atomic E-state index is 0.0544. The summed E-state index contributed by atoms with van der Waals surface area (Å²) in [5.41, 5.74) is 3.34.